The summed E-state index contributed by atoms with van der Waals surface area (Å²) in [6, 6.07) is 7.26. The second-order valence-corrected chi connectivity index (χ2v) is 6.05. The number of methoxy groups -OCH3 is 1. The van der Waals surface area contributed by atoms with E-state index in [4.69, 9.17) is 4.74 Å². The van der Waals surface area contributed by atoms with Crippen LogP contribution in [0.3, 0.4) is 0 Å². The molecule has 0 aliphatic rings. The van der Waals surface area contributed by atoms with Crippen molar-refractivity contribution in [2.45, 2.75) is 20.8 Å². The lowest BCUT2D eigenvalue weighted by Gasteiger charge is -2.21. The van der Waals surface area contributed by atoms with E-state index in [0.29, 0.717) is 10.8 Å². The average molecular weight is 348 g/mol. The Morgan fingerprint density at radius 1 is 1.25 bits per heavy atom. The number of hydrogen-bond acceptors (Lipinski definition) is 7. The number of anilines is 1. The normalized spacial score (nSPS) is 11.0. The minimum Gasteiger partial charge on any atom is -0.487 e. The SMILES string of the molecule is CCN(CC)c1ccc(N=Nc2sc(OC)cc2[N+](=O)[O-])c(C)c1. The monoisotopic (exact) mass is 348 g/mol. The van der Waals surface area contributed by atoms with Gasteiger partial charge in [-0.05, 0) is 44.5 Å². The highest BCUT2D eigenvalue weighted by atomic mass is 32.1. The fraction of sp³-hybridized carbons (Fsp3) is 0.375. The van der Waals surface area contributed by atoms with Gasteiger partial charge in [-0.2, -0.15) is 0 Å². The third-order valence-electron chi connectivity index (χ3n) is 3.63. The fourth-order valence-electron chi connectivity index (χ4n) is 2.29. The van der Waals surface area contributed by atoms with E-state index in [1.807, 2.05) is 25.1 Å². The number of rotatable bonds is 7. The summed E-state index contributed by atoms with van der Waals surface area (Å²) in [5.41, 5.74) is 2.68. The Labute approximate surface area is 144 Å². The van der Waals surface area contributed by atoms with Gasteiger partial charge in [-0.3, -0.25) is 10.1 Å². The molecule has 1 heterocycles. The third-order valence-corrected chi connectivity index (χ3v) is 4.60. The molecule has 0 saturated carbocycles. The molecule has 0 atom stereocenters. The Kier molecular flexibility index (Phi) is 5.86. The van der Waals surface area contributed by atoms with Crippen molar-refractivity contribution >= 4 is 33.4 Å². The van der Waals surface area contributed by atoms with Crippen molar-refractivity contribution < 1.29 is 9.66 Å². The second-order valence-electron chi connectivity index (χ2n) is 5.06. The molecule has 0 aliphatic carbocycles. The van der Waals surface area contributed by atoms with Crippen molar-refractivity contribution in [3.05, 3.63) is 39.9 Å². The largest absolute Gasteiger partial charge is 0.487 e. The Balaban J connectivity index is 2.29. The minimum atomic E-state index is -0.482. The van der Waals surface area contributed by atoms with E-state index in [-0.39, 0.29) is 10.7 Å². The standard InChI is InChI=1S/C16H20N4O3S/c1-5-19(6-2)12-7-8-13(11(3)9-12)17-18-16-14(20(21)22)10-15(23-4)24-16/h7-10H,5-6H2,1-4H3. The molecule has 0 N–H and O–H groups in total. The van der Waals surface area contributed by atoms with Crippen molar-refractivity contribution in [1.29, 1.82) is 0 Å². The summed E-state index contributed by atoms with van der Waals surface area (Å²) in [6.45, 7) is 8.02. The molecule has 2 rings (SSSR count). The quantitative estimate of drug-likeness (QED) is 0.389. The minimum absolute atomic E-state index is 0.0991. The van der Waals surface area contributed by atoms with Crippen LogP contribution in [0.15, 0.2) is 34.5 Å². The van der Waals surface area contributed by atoms with Gasteiger partial charge in [-0.15, -0.1) is 10.2 Å². The number of benzene rings is 1. The van der Waals surface area contributed by atoms with Crippen molar-refractivity contribution in [2.75, 3.05) is 25.1 Å². The number of nitrogens with zero attached hydrogens (tertiary/aromatic N) is 4. The summed E-state index contributed by atoms with van der Waals surface area (Å²) in [4.78, 5) is 12.8. The van der Waals surface area contributed by atoms with Crippen LogP contribution in [0, 0.1) is 17.0 Å². The van der Waals surface area contributed by atoms with Crippen LogP contribution in [0.25, 0.3) is 0 Å². The van der Waals surface area contributed by atoms with Crippen molar-refractivity contribution in [3.8, 4) is 5.06 Å². The highest BCUT2D eigenvalue weighted by molar-refractivity contribution is 7.18. The Morgan fingerprint density at radius 3 is 2.50 bits per heavy atom. The first-order valence-corrected chi connectivity index (χ1v) is 8.41. The topological polar surface area (TPSA) is 80.3 Å². The van der Waals surface area contributed by atoms with Crippen LogP contribution >= 0.6 is 11.3 Å². The lowest BCUT2D eigenvalue weighted by molar-refractivity contribution is -0.383. The summed E-state index contributed by atoms with van der Waals surface area (Å²) in [6.07, 6.45) is 0. The molecular formula is C16H20N4O3S. The molecule has 0 fully saturated rings. The van der Waals surface area contributed by atoms with Gasteiger partial charge in [-0.1, -0.05) is 11.3 Å². The molecule has 8 heteroatoms. The molecule has 0 radical (unpaired) electrons. The second kappa shape index (κ2) is 7.87. The number of azo groups is 1. The van der Waals surface area contributed by atoms with E-state index in [1.54, 1.807) is 0 Å². The van der Waals surface area contributed by atoms with Gasteiger partial charge >= 0.3 is 5.69 Å². The van der Waals surface area contributed by atoms with Gasteiger partial charge in [0.25, 0.3) is 0 Å². The van der Waals surface area contributed by atoms with Crippen molar-refractivity contribution in [2.24, 2.45) is 10.2 Å². The smallest absolute Gasteiger partial charge is 0.311 e. The maximum Gasteiger partial charge on any atom is 0.311 e. The van der Waals surface area contributed by atoms with Crippen LogP contribution in [0.5, 0.6) is 5.06 Å². The van der Waals surface area contributed by atoms with Gasteiger partial charge in [0.05, 0.1) is 23.8 Å². The first-order chi connectivity index (χ1) is 11.5. The third kappa shape index (κ3) is 3.88. The molecule has 0 amide bonds. The molecule has 1 aromatic carbocycles. The predicted molar refractivity (Wildman–Crippen MR) is 96.4 cm³/mol. The van der Waals surface area contributed by atoms with Gasteiger partial charge in [0.15, 0.2) is 5.06 Å². The van der Waals surface area contributed by atoms with Gasteiger partial charge in [0.2, 0.25) is 5.00 Å². The van der Waals surface area contributed by atoms with E-state index >= 15 is 0 Å². The van der Waals surface area contributed by atoms with Gasteiger partial charge in [-0.25, -0.2) is 0 Å². The molecule has 0 bridgehead atoms. The molecule has 0 saturated heterocycles. The molecule has 2 aromatic rings. The number of hydrogen-bond donors (Lipinski definition) is 0. The first kappa shape index (κ1) is 17.9. The lowest BCUT2D eigenvalue weighted by Crippen LogP contribution is -2.21. The van der Waals surface area contributed by atoms with Crippen molar-refractivity contribution in [1.82, 2.24) is 0 Å². The first-order valence-electron chi connectivity index (χ1n) is 7.59. The zero-order valence-electron chi connectivity index (χ0n) is 14.1. The molecule has 24 heavy (non-hydrogen) atoms. The Hall–Kier alpha value is -2.48. The summed E-state index contributed by atoms with van der Waals surface area (Å²) in [7, 11) is 1.46. The molecule has 7 nitrogen and oxygen atoms in total. The van der Waals surface area contributed by atoms with Crippen LogP contribution < -0.4 is 9.64 Å². The predicted octanol–water partition coefficient (Wildman–Crippen LogP) is 5.23. The van der Waals surface area contributed by atoms with Crippen LogP contribution in [0.1, 0.15) is 19.4 Å². The molecule has 0 aliphatic heterocycles. The van der Waals surface area contributed by atoms with Crippen molar-refractivity contribution in [3.63, 3.8) is 0 Å². The van der Waals surface area contributed by atoms with Crippen LogP contribution in [-0.4, -0.2) is 25.1 Å². The number of thiophene rings is 1. The highest BCUT2D eigenvalue weighted by Gasteiger charge is 2.19. The van der Waals surface area contributed by atoms with Gasteiger partial charge < -0.3 is 9.64 Å². The molecular weight excluding hydrogens is 328 g/mol. The van der Waals surface area contributed by atoms with E-state index < -0.39 is 4.92 Å². The zero-order chi connectivity index (χ0) is 17.7. The van der Waals surface area contributed by atoms with E-state index in [1.165, 1.54) is 13.2 Å². The Morgan fingerprint density at radius 2 is 1.96 bits per heavy atom. The number of aryl methyl sites for hydroxylation is 1. The van der Waals surface area contributed by atoms with E-state index in [9.17, 15) is 10.1 Å². The summed E-state index contributed by atoms with van der Waals surface area (Å²) < 4.78 is 5.04. The van der Waals surface area contributed by atoms with Gasteiger partial charge in [0, 0.05) is 18.8 Å². The molecule has 128 valence electrons. The maximum atomic E-state index is 11.1. The average Bonchev–Trinajstić information content (AvgIpc) is 2.99. The van der Waals surface area contributed by atoms with E-state index in [0.717, 1.165) is 35.7 Å². The zero-order valence-corrected chi connectivity index (χ0v) is 15.0. The van der Waals surface area contributed by atoms with Crippen LogP contribution in [-0.2, 0) is 0 Å². The highest BCUT2D eigenvalue weighted by Crippen LogP contribution is 2.42. The molecule has 0 unspecified atom stereocenters. The summed E-state index contributed by atoms with van der Waals surface area (Å²) >= 11 is 1.10. The van der Waals surface area contributed by atoms with E-state index in [2.05, 4.69) is 29.0 Å². The summed E-state index contributed by atoms with van der Waals surface area (Å²) in [5, 5.41) is 20.0. The van der Waals surface area contributed by atoms with Gasteiger partial charge in [0.1, 0.15) is 0 Å². The number of ether oxygens (including phenoxy) is 1. The Bertz CT molecular complexity index is 754. The fourth-order valence-corrected chi connectivity index (χ4v) is 3.05. The molecule has 0 spiro atoms. The van der Waals surface area contributed by atoms with Crippen LogP contribution in [0.2, 0.25) is 0 Å². The van der Waals surface area contributed by atoms with Crippen LogP contribution in [0.4, 0.5) is 22.1 Å². The maximum absolute atomic E-state index is 11.1. The lowest BCUT2D eigenvalue weighted by atomic mass is 10.1. The summed E-state index contributed by atoms with van der Waals surface area (Å²) in [5.74, 6) is 0. The number of nitro groups is 1. The molecule has 1 aromatic heterocycles.